The lowest BCUT2D eigenvalue weighted by molar-refractivity contribution is -0.138. The first kappa shape index (κ1) is 27.2. The number of carbonyl (C=O) groups is 1. The normalized spacial score (nSPS) is 15.4. The number of allylic oxidation sites excluding steroid dienone is 1. The summed E-state index contributed by atoms with van der Waals surface area (Å²) in [6, 6.07) is 8.99. The van der Waals surface area contributed by atoms with Crippen LogP contribution in [0.5, 0.6) is 0 Å². The Hall–Kier alpha value is -2.86. The highest BCUT2D eigenvalue weighted by Gasteiger charge is 2.35. The number of aliphatic imine (C=N–C) groups is 1. The molecule has 4 rings (SSSR count). The molecule has 0 bridgehead atoms. The molecule has 2 heterocycles. The fraction of sp³-hybridized carbons (Fsp3) is 0.320. The van der Waals surface area contributed by atoms with Crippen LogP contribution in [0.3, 0.4) is 0 Å². The van der Waals surface area contributed by atoms with Crippen molar-refractivity contribution in [3.05, 3.63) is 69.2 Å². The Balaban J connectivity index is 1.79. The molecule has 1 amide bonds. The Bertz CT molecular complexity index is 1350. The first-order valence-corrected chi connectivity index (χ1v) is 12.5. The monoisotopic (exact) mass is 552 g/mol. The first-order chi connectivity index (χ1) is 17.7. The second-order valence-corrected chi connectivity index (χ2v) is 9.64. The maximum absolute atomic E-state index is 13.9. The molecule has 0 fully saturated rings. The SMILES string of the molecule is COCCN(CCOC)C1=NC(=O)C(=C(Cc2ccc(Cl)cc2C(F)(F)F)c2ccc3[nH]ncc3c2)S1. The summed E-state index contributed by atoms with van der Waals surface area (Å²) < 4.78 is 52.0. The van der Waals surface area contributed by atoms with E-state index in [0.29, 0.717) is 42.6 Å². The van der Waals surface area contributed by atoms with E-state index in [1.54, 1.807) is 38.6 Å². The maximum atomic E-state index is 13.9. The zero-order chi connectivity index (χ0) is 26.6. The number of halogens is 4. The van der Waals surface area contributed by atoms with Gasteiger partial charge in [0.05, 0.1) is 35.4 Å². The highest BCUT2D eigenvalue weighted by Crippen LogP contribution is 2.40. The highest BCUT2D eigenvalue weighted by molar-refractivity contribution is 8.18. The van der Waals surface area contributed by atoms with Crippen LogP contribution in [0.1, 0.15) is 16.7 Å². The molecule has 37 heavy (non-hydrogen) atoms. The molecule has 0 saturated heterocycles. The average Bonchev–Trinajstić information content (AvgIpc) is 3.48. The number of amides is 1. The predicted molar refractivity (Wildman–Crippen MR) is 139 cm³/mol. The fourth-order valence-electron chi connectivity index (χ4n) is 3.93. The van der Waals surface area contributed by atoms with Crippen LogP contribution < -0.4 is 0 Å². The van der Waals surface area contributed by atoms with Crippen molar-refractivity contribution >= 4 is 50.9 Å². The van der Waals surface area contributed by atoms with Crippen molar-refractivity contribution in [2.45, 2.75) is 12.6 Å². The minimum atomic E-state index is -4.61. The molecule has 7 nitrogen and oxygen atoms in total. The number of rotatable bonds is 9. The van der Waals surface area contributed by atoms with Gasteiger partial charge in [0.25, 0.3) is 5.91 Å². The third-order valence-corrected chi connectivity index (χ3v) is 7.19. The van der Waals surface area contributed by atoms with Crippen molar-refractivity contribution in [1.29, 1.82) is 0 Å². The predicted octanol–water partition coefficient (Wildman–Crippen LogP) is 5.41. The van der Waals surface area contributed by atoms with Crippen molar-refractivity contribution in [3.8, 4) is 0 Å². The topological polar surface area (TPSA) is 79.8 Å². The molecule has 0 atom stereocenters. The number of benzene rings is 2. The molecule has 2 aromatic carbocycles. The molecular weight excluding hydrogens is 529 g/mol. The average molecular weight is 553 g/mol. The van der Waals surface area contributed by atoms with Gasteiger partial charge in [0, 0.05) is 37.7 Å². The van der Waals surface area contributed by atoms with E-state index in [-0.39, 0.29) is 21.9 Å². The van der Waals surface area contributed by atoms with Gasteiger partial charge in [-0.05, 0) is 59.1 Å². The van der Waals surface area contributed by atoms with Crippen LogP contribution in [0, 0.1) is 0 Å². The minimum absolute atomic E-state index is 0.00385. The van der Waals surface area contributed by atoms with E-state index < -0.39 is 17.6 Å². The van der Waals surface area contributed by atoms with Crippen LogP contribution >= 0.6 is 23.4 Å². The van der Waals surface area contributed by atoms with E-state index in [4.69, 9.17) is 21.1 Å². The van der Waals surface area contributed by atoms with E-state index >= 15 is 0 Å². The standard InChI is InChI=1S/C25H24ClF3N4O3S/c1-35-9-7-33(8-10-36-2)24-31-23(34)22(37-24)19(15-4-6-21-17(11-15)14-30-32-21)12-16-3-5-18(26)13-20(16)25(27,28)29/h3-6,11,13-14H,7-10,12H2,1-2H3,(H,30,32). The van der Waals surface area contributed by atoms with Gasteiger partial charge in [-0.1, -0.05) is 23.7 Å². The van der Waals surface area contributed by atoms with Gasteiger partial charge in [0.1, 0.15) is 0 Å². The van der Waals surface area contributed by atoms with Crippen LogP contribution in [0.15, 0.2) is 52.5 Å². The number of aromatic amines is 1. The number of nitrogens with zero attached hydrogens (tertiary/aromatic N) is 3. The van der Waals surface area contributed by atoms with E-state index in [0.717, 1.165) is 28.7 Å². The summed E-state index contributed by atoms with van der Waals surface area (Å²) >= 11 is 7.03. The summed E-state index contributed by atoms with van der Waals surface area (Å²) in [4.78, 5) is 19.5. The summed E-state index contributed by atoms with van der Waals surface area (Å²) in [5, 5.41) is 8.07. The zero-order valence-electron chi connectivity index (χ0n) is 20.1. The number of ether oxygens (including phenoxy) is 2. The summed E-state index contributed by atoms with van der Waals surface area (Å²) in [6.45, 7) is 1.75. The lowest BCUT2D eigenvalue weighted by atomic mass is 9.93. The molecule has 0 radical (unpaired) electrons. The number of H-pyrrole nitrogens is 1. The molecule has 1 aliphatic heterocycles. The highest BCUT2D eigenvalue weighted by atomic mass is 35.5. The number of fused-ring (bicyclic) bond motifs is 1. The van der Waals surface area contributed by atoms with E-state index in [9.17, 15) is 18.0 Å². The van der Waals surface area contributed by atoms with Gasteiger partial charge in [0.15, 0.2) is 5.17 Å². The second kappa shape index (κ2) is 11.7. The Kier molecular flexibility index (Phi) is 8.58. The number of hydrogen-bond donors (Lipinski definition) is 1. The van der Waals surface area contributed by atoms with Gasteiger partial charge >= 0.3 is 6.18 Å². The summed E-state index contributed by atoms with van der Waals surface area (Å²) in [6.07, 6.45) is -3.15. The molecular formula is C25H24ClF3N4O3S. The Morgan fingerprint density at radius 3 is 2.51 bits per heavy atom. The molecule has 1 aromatic heterocycles. The van der Waals surface area contributed by atoms with Gasteiger partial charge in [-0.25, -0.2) is 0 Å². The largest absolute Gasteiger partial charge is 0.416 e. The fourth-order valence-corrected chi connectivity index (χ4v) is 5.17. The molecule has 0 aliphatic carbocycles. The molecule has 0 spiro atoms. The van der Waals surface area contributed by atoms with Crippen LogP contribution in [0.25, 0.3) is 16.5 Å². The van der Waals surface area contributed by atoms with Crippen molar-refractivity contribution in [2.75, 3.05) is 40.5 Å². The van der Waals surface area contributed by atoms with E-state index in [1.165, 1.54) is 12.1 Å². The van der Waals surface area contributed by atoms with Gasteiger partial charge in [-0.15, -0.1) is 0 Å². The first-order valence-electron chi connectivity index (χ1n) is 11.3. The number of methoxy groups -OCH3 is 2. The number of aromatic nitrogens is 2. The summed E-state index contributed by atoms with van der Waals surface area (Å²) in [5.41, 5.74) is 0.959. The summed E-state index contributed by atoms with van der Waals surface area (Å²) in [5.74, 6) is -0.510. The molecule has 1 aliphatic rings. The second-order valence-electron chi connectivity index (χ2n) is 8.23. The van der Waals surface area contributed by atoms with Crippen LogP contribution in [0.4, 0.5) is 13.2 Å². The van der Waals surface area contributed by atoms with Crippen LogP contribution in [0.2, 0.25) is 5.02 Å². The molecule has 196 valence electrons. The lowest BCUT2D eigenvalue weighted by Crippen LogP contribution is -2.34. The van der Waals surface area contributed by atoms with Crippen molar-refractivity contribution in [1.82, 2.24) is 15.1 Å². The van der Waals surface area contributed by atoms with Gasteiger partial charge < -0.3 is 14.4 Å². The smallest absolute Gasteiger partial charge is 0.383 e. The number of nitrogens with one attached hydrogen (secondary N) is 1. The van der Waals surface area contributed by atoms with Crippen molar-refractivity contribution < 1.29 is 27.4 Å². The number of thioether (sulfide) groups is 1. The van der Waals surface area contributed by atoms with Crippen LogP contribution in [-0.2, 0) is 26.9 Å². The van der Waals surface area contributed by atoms with Crippen molar-refractivity contribution in [2.24, 2.45) is 4.99 Å². The van der Waals surface area contributed by atoms with E-state index in [1.807, 2.05) is 4.90 Å². The lowest BCUT2D eigenvalue weighted by Gasteiger charge is -2.23. The van der Waals surface area contributed by atoms with Gasteiger partial charge in [-0.2, -0.15) is 23.3 Å². The minimum Gasteiger partial charge on any atom is -0.383 e. The molecule has 0 saturated carbocycles. The zero-order valence-corrected chi connectivity index (χ0v) is 21.6. The maximum Gasteiger partial charge on any atom is 0.416 e. The number of amidine groups is 1. The molecule has 1 N–H and O–H groups in total. The van der Waals surface area contributed by atoms with Crippen molar-refractivity contribution in [3.63, 3.8) is 0 Å². The Morgan fingerprint density at radius 2 is 1.84 bits per heavy atom. The molecule has 3 aromatic rings. The molecule has 0 unspecified atom stereocenters. The van der Waals surface area contributed by atoms with Crippen LogP contribution in [-0.4, -0.2) is 66.7 Å². The van der Waals surface area contributed by atoms with Gasteiger partial charge in [-0.3, -0.25) is 9.89 Å². The Labute approximate surface area is 220 Å². The third kappa shape index (κ3) is 6.35. The summed E-state index contributed by atoms with van der Waals surface area (Å²) in [7, 11) is 3.14. The number of hydrogen-bond acceptors (Lipinski definition) is 6. The Morgan fingerprint density at radius 1 is 1.11 bits per heavy atom. The van der Waals surface area contributed by atoms with Gasteiger partial charge in [0.2, 0.25) is 0 Å². The number of carbonyl (C=O) groups excluding carboxylic acids is 1. The van der Waals surface area contributed by atoms with E-state index in [2.05, 4.69) is 15.2 Å². The third-order valence-electron chi connectivity index (χ3n) is 5.79. The number of alkyl halides is 3. The molecule has 12 heteroatoms. The quantitative estimate of drug-likeness (QED) is 0.357.